The van der Waals surface area contributed by atoms with Crippen LogP contribution in [0.5, 0.6) is 11.5 Å². The molecule has 3 N–H and O–H groups in total. The molecule has 2 aromatic carbocycles. The third-order valence-electron chi connectivity index (χ3n) is 4.95. The fourth-order valence-corrected chi connectivity index (χ4v) is 3.06. The van der Waals surface area contributed by atoms with Crippen LogP contribution in [0.15, 0.2) is 47.5 Å². The number of nitrogens with zero attached hydrogens (tertiary/aromatic N) is 1. The van der Waals surface area contributed by atoms with Crippen LogP contribution >= 0.6 is 0 Å². The molecule has 1 amide bonds. The number of nitrogens with one attached hydrogen (secondary N) is 3. The van der Waals surface area contributed by atoms with E-state index in [-0.39, 0.29) is 23.7 Å². The molecule has 7 nitrogen and oxygen atoms in total. The monoisotopic (exact) mass is 444 g/mol. The second kappa shape index (κ2) is 11.9. The number of likely N-dealkylation sites (N-methyl/N-ethyl adjacent to an activating group) is 1. The van der Waals surface area contributed by atoms with Crippen molar-refractivity contribution in [1.29, 1.82) is 0 Å². The van der Waals surface area contributed by atoms with Crippen LogP contribution in [0.3, 0.4) is 0 Å². The minimum Gasteiger partial charge on any atom is -0.493 e. The minimum atomic E-state index is -0.286. The summed E-state index contributed by atoms with van der Waals surface area (Å²) in [6.45, 7) is 7.52. The average Bonchev–Trinajstić information content (AvgIpc) is 2.78. The molecule has 0 radical (unpaired) electrons. The van der Waals surface area contributed by atoms with Crippen molar-refractivity contribution in [2.45, 2.75) is 32.7 Å². The van der Waals surface area contributed by atoms with Gasteiger partial charge in [0, 0.05) is 32.1 Å². The van der Waals surface area contributed by atoms with Gasteiger partial charge in [-0.05, 0) is 42.3 Å². The fraction of sp³-hybridized carbons (Fsp3) is 0.417. The molecule has 0 atom stereocenters. The highest BCUT2D eigenvalue weighted by atomic mass is 19.1. The Morgan fingerprint density at radius 2 is 1.88 bits per heavy atom. The first-order valence-electron chi connectivity index (χ1n) is 10.6. The number of amides is 1. The van der Waals surface area contributed by atoms with Gasteiger partial charge in [0.15, 0.2) is 24.1 Å². The maximum atomic E-state index is 13.6. The summed E-state index contributed by atoms with van der Waals surface area (Å²) in [6, 6.07) is 12.2. The van der Waals surface area contributed by atoms with E-state index in [1.807, 2.05) is 39.0 Å². The van der Waals surface area contributed by atoms with E-state index in [9.17, 15) is 9.18 Å². The highest BCUT2D eigenvalue weighted by Gasteiger charge is 2.21. The van der Waals surface area contributed by atoms with Gasteiger partial charge in [-0.1, -0.05) is 32.0 Å². The molecule has 0 aromatic heterocycles. The number of halogens is 1. The van der Waals surface area contributed by atoms with Crippen LogP contribution in [-0.4, -0.2) is 45.7 Å². The molecule has 0 unspecified atom stereocenters. The van der Waals surface area contributed by atoms with E-state index < -0.39 is 0 Å². The Hall–Kier alpha value is -3.29. The van der Waals surface area contributed by atoms with E-state index in [1.165, 1.54) is 6.07 Å². The Balaban J connectivity index is 1.94. The number of hydrogen-bond acceptors (Lipinski definition) is 4. The normalized spacial score (nSPS) is 11.6. The standard InChI is InChI=1S/C24H33FN4O3/c1-6-27-22(30)15-32-20-11-10-17(12-21(20)31-5)14-28-23(26-4)29-16-24(2,3)18-8-7-9-19(25)13-18/h7-13H,6,14-16H2,1-5H3,(H,27,30)(H2,26,28,29). The highest BCUT2D eigenvalue weighted by Crippen LogP contribution is 2.28. The molecular weight excluding hydrogens is 411 g/mol. The zero-order chi connectivity index (χ0) is 23.6. The van der Waals surface area contributed by atoms with Gasteiger partial charge in [0.05, 0.1) is 7.11 Å². The summed E-state index contributed by atoms with van der Waals surface area (Å²) in [6.07, 6.45) is 0. The molecule has 32 heavy (non-hydrogen) atoms. The Morgan fingerprint density at radius 1 is 1.09 bits per heavy atom. The summed E-state index contributed by atoms with van der Waals surface area (Å²) in [5, 5.41) is 9.25. The molecule has 0 saturated carbocycles. The van der Waals surface area contributed by atoms with Crippen molar-refractivity contribution in [2.24, 2.45) is 4.99 Å². The van der Waals surface area contributed by atoms with Gasteiger partial charge in [0.1, 0.15) is 5.82 Å². The molecule has 0 aliphatic rings. The van der Waals surface area contributed by atoms with E-state index in [2.05, 4.69) is 20.9 Å². The summed E-state index contributed by atoms with van der Waals surface area (Å²) in [7, 11) is 3.25. The lowest BCUT2D eigenvalue weighted by molar-refractivity contribution is -0.123. The predicted molar refractivity (Wildman–Crippen MR) is 125 cm³/mol. The van der Waals surface area contributed by atoms with Gasteiger partial charge in [-0.25, -0.2) is 4.39 Å². The van der Waals surface area contributed by atoms with E-state index >= 15 is 0 Å². The molecule has 2 aromatic rings. The third-order valence-corrected chi connectivity index (χ3v) is 4.95. The van der Waals surface area contributed by atoms with Crippen LogP contribution in [0, 0.1) is 5.82 Å². The first-order valence-corrected chi connectivity index (χ1v) is 10.6. The van der Waals surface area contributed by atoms with Crippen LogP contribution in [0.1, 0.15) is 31.9 Å². The molecule has 174 valence electrons. The van der Waals surface area contributed by atoms with Gasteiger partial charge in [0.2, 0.25) is 0 Å². The number of ether oxygens (including phenoxy) is 2. The van der Waals surface area contributed by atoms with E-state index in [4.69, 9.17) is 9.47 Å². The molecule has 8 heteroatoms. The Labute approximate surface area is 189 Å². The largest absolute Gasteiger partial charge is 0.493 e. The van der Waals surface area contributed by atoms with Gasteiger partial charge in [-0.15, -0.1) is 0 Å². The second-order valence-corrected chi connectivity index (χ2v) is 7.90. The van der Waals surface area contributed by atoms with Gasteiger partial charge >= 0.3 is 0 Å². The van der Waals surface area contributed by atoms with Gasteiger partial charge < -0.3 is 25.4 Å². The van der Waals surface area contributed by atoms with Crippen LogP contribution in [0.25, 0.3) is 0 Å². The zero-order valence-electron chi connectivity index (χ0n) is 19.4. The summed E-state index contributed by atoms with van der Waals surface area (Å²) < 4.78 is 24.5. The van der Waals surface area contributed by atoms with Gasteiger partial charge in [-0.3, -0.25) is 9.79 Å². The fourth-order valence-electron chi connectivity index (χ4n) is 3.06. The van der Waals surface area contributed by atoms with E-state index in [0.29, 0.717) is 37.1 Å². The topological polar surface area (TPSA) is 84.0 Å². The van der Waals surface area contributed by atoms with Crippen molar-refractivity contribution in [2.75, 3.05) is 33.9 Å². The van der Waals surface area contributed by atoms with Crippen molar-refractivity contribution in [1.82, 2.24) is 16.0 Å². The number of guanidine groups is 1. The molecular formula is C24H33FN4O3. The van der Waals surface area contributed by atoms with E-state index in [0.717, 1.165) is 11.1 Å². The Bertz CT molecular complexity index is 931. The number of carbonyl (C=O) groups excluding carboxylic acids is 1. The van der Waals surface area contributed by atoms with Gasteiger partial charge in [-0.2, -0.15) is 0 Å². The summed E-state index contributed by atoms with van der Waals surface area (Å²) in [5.41, 5.74) is 1.58. The SMILES string of the molecule is CCNC(=O)COc1ccc(CNC(=NC)NCC(C)(C)c2cccc(F)c2)cc1OC. The van der Waals surface area contributed by atoms with Crippen LogP contribution < -0.4 is 25.4 Å². The van der Waals surface area contributed by atoms with Crippen molar-refractivity contribution in [3.63, 3.8) is 0 Å². The first kappa shape index (κ1) is 25.0. The highest BCUT2D eigenvalue weighted by molar-refractivity contribution is 5.79. The summed E-state index contributed by atoms with van der Waals surface area (Å²) in [5.74, 6) is 1.25. The van der Waals surface area contributed by atoms with Crippen molar-refractivity contribution < 1.29 is 18.7 Å². The minimum absolute atomic E-state index is 0.0700. The van der Waals surface area contributed by atoms with E-state index in [1.54, 1.807) is 32.4 Å². The average molecular weight is 445 g/mol. The number of benzene rings is 2. The van der Waals surface area contributed by atoms with Crippen LogP contribution in [0.2, 0.25) is 0 Å². The molecule has 2 rings (SSSR count). The predicted octanol–water partition coefficient (Wildman–Crippen LogP) is 2.99. The Kier molecular flexibility index (Phi) is 9.31. The Morgan fingerprint density at radius 3 is 2.53 bits per heavy atom. The number of methoxy groups -OCH3 is 1. The van der Waals surface area contributed by atoms with Crippen LogP contribution in [0.4, 0.5) is 4.39 Å². The smallest absolute Gasteiger partial charge is 0.257 e. The van der Waals surface area contributed by atoms with Gasteiger partial charge in [0.25, 0.3) is 5.91 Å². The zero-order valence-corrected chi connectivity index (χ0v) is 19.4. The van der Waals surface area contributed by atoms with Crippen molar-refractivity contribution >= 4 is 11.9 Å². The van der Waals surface area contributed by atoms with Crippen molar-refractivity contribution in [3.8, 4) is 11.5 Å². The lowest BCUT2D eigenvalue weighted by Crippen LogP contribution is -2.43. The summed E-state index contributed by atoms with van der Waals surface area (Å²) in [4.78, 5) is 15.9. The molecule has 0 spiro atoms. The molecule has 0 bridgehead atoms. The number of carbonyl (C=O) groups is 1. The maximum absolute atomic E-state index is 13.6. The molecule has 0 aliphatic heterocycles. The lowest BCUT2D eigenvalue weighted by atomic mass is 9.84. The van der Waals surface area contributed by atoms with Crippen LogP contribution in [-0.2, 0) is 16.8 Å². The maximum Gasteiger partial charge on any atom is 0.257 e. The molecule has 0 saturated heterocycles. The lowest BCUT2D eigenvalue weighted by Gasteiger charge is -2.27. The number of aliphatic imine (C=N–C) groups is 1. The number of hydrogen-bond donors (Lipinski definition) is 3. The summed E-state index contributed by atoms with van der Waals surface area (Å²) >= 11 is 0. The molecule has 0 fully saturated rings. The third kappa shape index (κ3) is 7.44. The second-order valence-electron chi connectivity index (χ2n) is 7.90. The molecule has 0 heterocycles. The quantitative estimate of drug-likeness (QED) is 0.388. The van der Waals surface area contributed by atoms with Crippen molar-refractivity contribution in [3.05, 3.63) is 59.4 Å². The number of rotatable bonds is 10. The first-order chi connectivity index (χ1) is 15.3. The molecule has 0 aliphatic carbocycles.